The molecule has 0 bridgehead atoms. The summed E-state index contributed by atoms with van der Waals surface area (Å²) in [6.45, 7) is 8.87. The Morgan fingerprint density at radius 3 is 2.24 bits per heavy atom. The zero-order valence-electron chi connectivity index (χ0n) is 17.3. The Morgan fingerprint density at radius 1 is 0.897 bits per heavy atom. The highest BCUT2D eigenvalue weighted by molar-refractivity contribution is 5.33. The predicted octanol–water partition coefficient (Wildman–Crippen LogP) is 6.06. The lowest BCUT2D eigenvalue weighted by Gasteiger charge is -2.31. The monoisotopic (exact) mass is 394 g/mol. The molecule has 1 aliphatic rings. The minimum Gasteiger partial charge on any atom is -0.350 e. The van der Waals surface area contributed by atoms with Gasteiger partial charge in [0.05, 0.1) is 6.04 Å². The summed E-state index contributed by atoms with van der Waals surface area (Å²) in [5.74, 6) is -0.976. The highest BCUT2D eigenvalue weighted by Gasteiger charge is 2.31. The molecule has 4 heteroatoms. The number of hydrogen-bond acceptors (Lipinski definition) is 1. The van der Waals surface area contributed by atoms with E-state index >= 15 is 0 Å². The van der Waals surface area contributed by atoms with Crippen LogP contribution in [0.15, 0.2) is 60.8 Å². The Labute approximate surface area is 171 Å². The summed E-state index contributed by atoms with van der Waals surface area (Å²) in [5, 5.41) is 0. The summed E-state index contributed by atoms with van der Waals surface area (Å²) < 4.78 is 31.7. The van der Waals surface area contributed by atoms with Gasteiger partial charge in [0.1, 0.15) is 11.6 Å². The second kappa shape index (κ2) is 7.75. The van der Waals surface area contributed by atoms with E-state index in [0.717, 1.165) is 30.8 Å². The molecule has 1 unspecified atom stereocenters. The molecule has 152 valence electrons. The summed E-state index contributed by atoms with van der Waals surface area (Å²) >= 11 is 0. The molecular formula is C25H28F2N2. The Balaban J connectivity index is 1.73. The van der Waals surface area contributed by atoms with Crippen molar-refractivity contribution in [3.63, 3.8) is 0 Å². The van der Waals surface area contributed by atoms with E-state index in [1.165, 1.54) is 23.8 Å². The second-order valence-corrected chi connectivity index (χ2v) is 8.94. The smallest absolute Gasteiger partial charge is 0.131 e. The van der Waals surface area contributed by atoms with Crippen LogP contribution in [0.1, 0.15) is 55.6 Å². The van der Waals surface area contributed by atoms with E-state index in [0.29, 0.717) is 6.54 Å². The van der Waals surface area contributed by atoms with Gasteiger partial charge < -0.3 is 4.57 Å². The van der Waals surface area contributed by atoms with Crippen molar-refractivity contribution in [3.05, 3.63) is 94.8 Å². The third-order valence-electron chi connectivity index (χ3n) is 5.83. The molecule has 0 amide bonds. The van der Waals surface area contributed by atoms with E-state index in [-0.39, 0.29) is 11.0 Å². The fourth-order valence-electron chi connectivity index (χ4n) is 4.26. The van der Waals surface area contributed by atoms with E-state index in [1.807, 2.05) is 18.3 Å². The normalized spacial score (nSPS) is 17.8. The molecule has 2 heterocycles. The van der Waals surface area contributed by atoms with Gasteiger partial charge in [-0.2, -0.15) is 0 Å². The molecule has 2 nitrogen and oxygen atoms in total. The first-order valence-corrected chi connectivity index (χ1v) is 10.3. The van der Waals surface area contributed by atoms with E-state index < -0.39 is 17.7 Å². The number of halogens is 2. The number of benzene rings is 2. The molecule has 0 N–H and O–H groups in total. The topological polar surface area (TPSA) is 8.17 Å². The fourth-order valence-corrected chi connectivity index (χ4v) is 4.26. The minimum absolute atomic E-state index is 0.0980. The standard InChI is InChI=1S/C25H28F2N2/c1-25(2,3)19-12-10-18(11-13-19)17-29-16-6-15-28-14-5-9-22(28)24(29)23-20(26)7-4-8-21(23)27/h4-5,7-14,24H,6,15-17H2,1-3H3. The quantitative estimate of drug-likeness (QED) is 0.524. The molecule has 4 rings (SSSR count). The summed E-state index contributed by atoms with van der Waals surface area (Å²) in [7, 11) is 0. The van der Waals surface area contributed by atoms with Gasteiger partial charge in [0, 0.05) is 37.1 Å². The first-order chi connectivity index (χ1) is 13.8. The van der Waals surface area contributed by atoms with Crippen LogP contribution in [0.2, 0.25) is 0 Å². The van der Waals surface area contributed by atoms with Crippen molar-refractivity contribution in [2.45, 2.75) is 51.7 Å². The van der Waals surface area contributed by atoms with E-state index in [4.69, 9.17) is 0 Å². The van der Waals surface area contributed by atoms with Crippen molar-refractivity contribution in [2.24, 2.45) is 0 Å². The summed E-state index contributed by atoms with van der Waals surface area (Å²) in [6, 6.07) is 16.2. The molecule has 0 saturated carbocycles. The maximum Gasteiger partial charge on any atom is 0.131 e. The fraction of sp³-hybridized carbons (Fsp3) is 0.360. The van der Waals surface area contributed by atoms with Gasteiger partial charge in [-0.05, 0) is 47.2 Å². The molecule has 2 aromatic carbocycles. The van der Waals surface area contributed by atoms with Crippen LogP contribution in [0, 0.1) is 11.6 Å². The SMILES string of the molecule is CC(C)(C)c1ccc(CN2CCCn3cccc3C2c2c(F)cccc2F)cc1. The van der Waals surface area contributed by atoms with Crippen molar-refractivity contribution in [3.8, 4) is 0 Å². The first kappa shape index (κ1) is 19.8. The zero-order valence-corrected chi connectivity index (χ0v) is 17.3. The Morgan fingerprint density at radius 2 is 1.59 bits per heavy atom. The molecule has 1 aliphatic heterocycles. The Kier molecular flexibility index (Phi) is 5.30. The van der Waals surface area contributed by atoms with Crippen molar-refractivity contribution in [1.82, 2.24) is 9.47 Å². The van der Waals surface area contributed by atoms with Crippen LogP contribution in [0.4, 0.5) is 8.78 Å². The predicted molar refractivity (Wildman–Crippen MR) is 113 cm³/mol. The molecule has 0 aliphatic carbocycles. The summed E-state index contributed by atoms with van der Waals surface area (Å²) in [5.41, 5.74) is 3.61. The van der Waals surface area contributed by atoms with Crippen LogP contribution in [-0.4, -0.2) is 16.0 Å². The maximum atomic E-state index is 14.8. The number of hydrogen-bond donors (Lipinski definition) is 0. The van der Waals surface area contributed by atoms with E-state index in [1.54, 1.807) is 0 Å². The van der Waals surface area contributed by atoms with Gasteiger partial charge in [-0.25, -0.2) is 8.78 Å². The molecular weight excluding hydrogens is 366 g/mol. The number of fused-ring (bicyclic) bond motifs is 1. The molecule has 0 radical (unpaired) electrons. The molecule has 1 aromatic heterocycles. The van der Waals surface area contributed by atoms with Crippen LogP contribution in [0.25, 0.3) is 0 Å². The largest absolute Gasteiger partial charge is 0.350 e. The van der Waals surface area contributed by atoms with Crippen molar-refractivity contribution >= 4 is 0 Å². The number of aromatic nitrogens is 1. The van der Waals surface area contributed by atoms with Gasteiger partial charge in [-0.3, -0.25) is 4.90 Å². The van der Waals surface area contributed by atoms with E-state index in [2.05, 4.69) is 54.5 Å². The maximum absolute atomic E-state index is 14.8. The van der Waals surface area contributed by atoms with E-state index in [9.17, 15) is 8.78 Å². The van der Waals surface area contributed by atoms with Crippen LogP contribution < -0.4 is 0 Å². The Hall–Kier alpha value is -2.46. The Bertz CT molecular complexity index is 963. The first-order valence-electron chi connectivity index (χ1n) is 10.3. The van der Waals surface area contributed by atoms with Crippen molar-refractivity contribution in [2.75, 3.05) is 6.54 Å². The highest BCUT2D eigenvalue weighted by Crippen LogP contribution is 2.36. The third kappa shape index (κ3) is 3.99. The summed E-state index contributed by atoms with van der Waals surface area (Å²) in [6.07, 6.45) is 2.94. The molecule has 29 heavy (non-hydrogen) atoms. The lowest BCUT2D eigenvalue weighted by Crippen LogP contribution is -2.31. The van der Waals surface area contributed by atoms with Gasteiger partial charge in [0.25, 0.3) is 0 Å². The molecule has 0 spiro atoms. The van der Waals surface area contributed by atoms with Crippen molar-refractivity contribution in [1.29, 1.82) is 0 Å². The van der Waals surface area contributed by atoms with Crippen molar-refractivity contribution < 1.29 is 8.78 Å². The lowest BCUT2D eigenvalue weighted by atomic mass is 9.86. The number of rotatable bonds is 3. The van der Waals surface area contributed by atoms with Gasteiger partial charge in [-0.15, -0.1) is 0 Å². The molecule has 1 atom stereocenters. The lowest BCUT2D eigenvalue weighted by molar-refractivity contribution is 0.212. The van der Waals surface area contributed by atoms with Gasteiger partial charge >= 0.3 is 0 Å². The molecule has 0 fully saturated rings. The van der Waals surface area contributed by atoms with Crippen LogP contribution in [0.3, 0.4) is 0 Å². The number of aryl methyl sites for hydroxylation is 1. The second-order valence-electron chi connectivity index (χ2n) is 8.94. The van der Waals surface area contributed by atoms with Crippen LogP contribution in [0.5, 0.6) is 0 Å². The minimum atomic E-state index is -0.488. The van der Waals surface area contributed by atoms with Gasteiger partial charge in [0.2, 0.25) is 0 Å². The van der Waals surface area contributed by atoms with Gasteiger partial charge in [0.15, 0.2) is 0 Å². The summed E-state index contributed by atoms with van der Waals surface area (Å²) in [4.78, 5) is 2.20. The third-order valence-corrected chi connectivity index (χ3v) is 5.83. The van der Waals surface area contributed by atoms with Crippen LogP contribution >= 0.6 is 0 Å². The number of nitrogens with zero attached hydrogens (tertiary/aromatic N) is 2. The molecule has 3 aromatic rings. The molecule has 0 saturated heterocycles. The highest BCUT2D eigenvalue weighted by atomic mass is 19.1. The van der Waals surface area contributed by atoms with Gasteiger partial charge in [-0.1, -0.05) is 51.1 Å². The average Bonchev–Trinajstić information content (AvgIpc) is 3.05. The zero-order chi connectivity index (χ0) is 20.6. The average molecular weight is 395 g/mol. The van der Waals surface area contributed by atoms with Crippen LogP contribution in [-0.2, 0) is 18.5 Å².